The van der Waals surface area contributed by atoms with E-state index in [2.05, 4.69) is 20.7 Å². The Bertz CT molecular complexity index is 1070. The molecule has 152 valence electrons. The molecule has 3 aromatic rings. The topological polar surface area (TPSA) is 123 Å². The molecule has 0 bridgehead atoms. The van der Waals surface area contributed by atoms with Gasteiger partial charge in [-0.05, 0) is 60.2 Å². The number of benzene rings is 2. The predicted octanol–water partition coefficient (Wildman–Crippen LogP) is 3.00. The number of tetrazole rings is 1. The van der Waals surface area contributed by atoms with Gasteiger partial charge in [-0.25, -0.2) is 4.79 Å². The van der Waals surface area contributed by atoms with Gasteiger partial charge in [0.05, 0.1) is 11.6 Å². The minimum atomic E-state index is -0.818. The van der Waals surface area contributed by atoms with E-state index in [-0.39, 0.29) is 0 Å². The second kappa shape index (κ2) is 9.62. The number of ether oxygens (including phenoxy) is 1. The summed E-state index contributed by atoms with van der Waals surface area (Å²) in [5.41, 5.74) is 1.67. The Hall–Kier alpha value is -3.77. The van der Waals surface area contributed by atoms with Gasteiger partial charge in [-0.1, -0.05) is 18.5 Å². The highest BCUT2D eigenvalue weighted by Crippen LogP contribution is 2.19. The quantitative estimate of drug-likeness (QED) is 0.578. The Morgan fingerprint density at radius 2 is 1.90 bits per heavy atom. The molecule has 3 rings (SSSR count). The maximum Gasteiger partial charge on any atom is 0.333 e. The lowest BCUT2D eigenvalue weighted by molar-refractivity contribution is -0.151. The lowest BCUT2D eigenvalue weighted by Gasteiger charge is -2.12. The van der Waals surface area contributed by atoms with Gasteiger partial charge < -0.3 is 10.1 Å². The molecule has 30 heavy (non-hydrogen) atoms. The van der Waals surface area contributed by atoms with E-state index >= 15 is 0 Å². The van der Waals surface area contributed by atoms with Crippen molar-refractivity contribution in [2.75, 3.05) is 11.9 Å². The molecule has 1 atom stereocenters. The molecule has 0 aliphatic heterocycles. The molecule has 10 heteroatoms. The summed E-state index contributed by atoms with van der Waals surface area (Å²) in [5.74, 6) is -0.805. The van der Waals surface area contributed by atoms with Crippen molar-refractivity contribution in [1.29, 1.82) is 5.26 Å². The van der Waals surface area contributed by atoms with Gasteiger partial charge in [0.15, 0.2) is 12.6 Å². The van der Waals surface area contributed by atoms with Crippen LogP contribution in [0.3, 0.4) is 0 Å². The zero-order valence-corrected chi connectivity index (χ0v) is 16.7. The summed E-state index contributed by atoms with van der Waals surface area (Å²) in [5, 5.41) is 24.1. The molecule has 0 radical (unpaired) electrons. The Morgan fingerprint density at radius 3 is 2.53 bits per heavy atom. The average molecular weight is 425 g/mol. The molecule has 1 heterocycles. The third-order valence-electron chi connectivity index (χ3n) is 4.11. The summed E-state index contributed by atoms with van der Waals surface area (Å²) < 4.78 is 5.11. The van der Waals surface area contributed by atoms with Crippen LogP contribution in [0.5, 0.6) is 0 Å². The molecule has 0 saturated heterocycles. The number of amides is 1. The maximum atomic E-state index is 12.4. The molecule has 0 fully saturated rings. The van der Waals surface area contributed by atoms with Crippen LogP contribution in [0.1, 0.15) is 24.9 Å². The van der Waals surface area contributed by atoms with Gasteiger partial charge in [0.2, 0.25) is 5.82 Å². The number of halogens is 1. The predicted molar refractivity (Wildman–Crippen MR) is 108 cm³/mol. The number of esters is 1. The summed E-state index contributed by atoms with van der Waals surface area (Å²) >= 11 is 5.88. The highest BCUT2D eigenvalue weighted by molar-refractivity contribution is 6.30. The van der Waals surface area contributed by atoms with Crippen molar-refractivity contribution >= 4 is 29.2 Å². The number of hydrogen-bond acceptors (Lipinski definition) is 7. The van der Waals surface area contributed by atoms with Crippen LogP contribution in [-0.2, 0) is 14.3 Å². The Labute approximate surface area is 177 Å². The number of aromatic nitrogens is 4. The lowest BCUT2D eigenvalue weighted by Crippen LogP contribution is -2.27. The first-order valence-corrected chi connectivity index (χ1v) is 9.40. The number of nitrogens with one attached hydrogen (secondary N) is 1. The summed E-state index contributed by atoms with van der Waals surface area (Å²) in [7, 11) is 0. The highest BCUT2D eigenvalue weighted by atomic mass is 35.5. The number of carbonyl (C=O) groups excluding carboxylic acids is 2. The van der Waals surface area contributed by atoms with Gasteiger partial charge in [-0.2, -0.15) is 5.26 Å². The molecule has 1 amide bonds. The zero-order valence-electron chi connectivity index (χ0n) is 15.9. The SMILES string of the molecule is CCC(C(=O)OCC(=O)Nc1ccc(C#N)cc1)n1nnc(-c2ccc(Cl)cc2)n1. The standard InChI is InChI=1S/C20H17ClN6O3/c1-2-17(27-25-19(24-26-27)14-5-7-15(21)8-6-14)20(29)30-12-18(28)23-16-9-3-13(11-22)4-10-16/h3-10,17H,2,12H2,1H3,(H,23,28). The molecule has 9 nitrogen and oxygen atoms in total. The van der Waals surface area contributed by atoms with E-state index in [0.29, 0.717) is 34.1 Å². The minimum absolute atomic E-state index is 0.344. The second-order valence-corrected chi connectivity index (χ2v) is 6.65. The van der Waals surface area contributed by atoms with Crippen molar-refractivity contribution in [3.63, 3.8) is 0 Å². The van der Waals surface area contributed by atoms with Gasteiger partial charge in [0.25, 0.3) is 5.91 Å². The number of nitriles is 1. The van der Waals surface area contributed by atoms with Gasteiger partial charge in [-0.15, -0.1) is 15.0 Å². The fourth-order valence-electron chi connectivity index (χ4n) is 2.55. The van der Waals surface area contributed by atoms with Crippen LogP contribution in [0.15, 0.2) is 48.5 Å². The molecule has 0 aliphatic carbocycles. The van der Waals surface area contributed by atoms with Gasteiger partial charge in [0.1, 0.15) is 0 Å². The Kier molecular flexibility index (Phi) is 6.72. The van der Waals surface area contributed by atoms with Gasteiger partial charge in [-0.3, -0.25) is 4.79 Å². The fraction of sp³-hybridized carbons (Fsp3) is 0.200. The molecule has 0 aliphatic rings. The number of carbonyl (C=O) groups is 2. The molecule has 2 aromatic carbocycles. The summed E-state index contributed by atoms with van der Waals surface area (Å²) in [6.45, 7) is 1.31. The maximum absolute atomic E-state index is 12.4. The fourth-order valence-corrected chi connectivity index (χ4v) is 2.68. The van der Waals surface area contributed by atoms with E-state index in [1.54, 1.807) is 55.5 Å². The van der Waals surface area contributed by atoms with Gasteiger partial charge >= 0.3 is 5.97 Å². The van der Waals surface area contributed by atoms with Crippen molar-refractivity contribution in [1.82, 2.24) is 20.2 Å². The molecular weight excluding hydrogens is 408 g/mol. The average Bonchev–Trinajstić information content (AvgIpc) is 3.23. The first-order valence-electron chi connectivity index (χ1n) is 9.02. The van der Waals surface area contributed by atoms with Crippen LogP contribution >= 0.6 is 11.6 Å². The third kappa shape index (κ3) is 5.18. The smallest absolute Gasteiger partial charge is 0.333 e. The van der Waals surface area contributed by atoms with Crippen molar-refractivity contribution in [2.24, 2.45) is 0 Å². The first kappa shape index (κ1) is 21.0. The second-order valence-electron chi connectivity index (χ2n) is 6.21. The molecule has 1 unspecified atom stereocenters. The number of anilines is 1. The van der Waals surface area contributed by atoms with Gasteiger partial charge in [0, 0.05) is 16.3 Å². The van der Waals surface area contributed by atoms with E-state index in [1.165, 1.54) is 4.80 Å². The molecule has 0 saturated carbocycles. The largest absolute Gasteiger partial charge is 0.454 e. The van der Waals surface area contributed by atoms with Crippen LogP contribution < -0.4 is 5.32 Å². The summed E-state index contributed by atoms with van der Waals surface area (Å²) in [6.07, 6.45) is 0.354. The number of nitrogens with zero attached hydrogens (tertiary/aromatic N) is 5. The highest BCUT2D eigenvalue weighted by Gasteiger charge is 2.24. The minimum Gasteiger partial charge on any atom is -0.454 e. The van der Waals surface area contributed by atoms with Crippen molar-refractivity contribution < 1.29 is 14.3 Å². The van der Waals surface area contributed by atoms with Crippen LogP contribution in [-0.4, -0.2) is 38.7 Å². The Morgan fingerprint density at radius 1 is 1.20 bits per heavy atom. The van der Waals surface area contributed by atoms with Crippen molar-refractivity contribution in [3.8, 4) is 17.5 Å². The van der Waals surface area contributed by atoms with Crippen LogP contribution in [0.4, 0.5) is 5.69 Å². The summed E-state index contributed by atoms with van der Waals surface area (Å²) in [6, 6.07) is 14.4. The molecule has 1 aromatic heterocycles. The van der Waals surface area contributed by atoms with E-state index in [1.807, 2.05) is 6.07 Å². The van der Waals surface area contributed by atoms with Crippen LogP contribution in [0.25, 0.3) is 11.4 Å². The van der Waals surface area contributed by atoms with E-state index < -0.39 is 24.5 Å². The number of rotatable bonds is 7. The van der Waals surface area contributed by atoms with Crippen molar-refractivity contribution in [2.45, 2.75) is 19.4 Å². The Balaban J connectivity index is 1.58. The molecular formula is C20H17ClN6O3. The molecule has 0 spiro atoms. The summed E-state index contributed by atoms with van der Waals surface area (Å²) in [4.78, 5) is 25.6. The first-order chi connectivity index (χ1) is 14.5. The zero-order chi connectivity index (χ0) is 21.5. The monoisotopic (exact) mass is 424 g/mol. The van der Waals surface area contributed by atoms with Crippen LogP contribution in [0.2, 0.25) is 5.02 Å². The van der Waals surface area contributed by atoms with E-state index in [0.717, 1.165) is 0 Å². The third-order valence-corrected chi connectivity index (χ3v) is 4.36. The number of hydrogen-bond donors (Lipinski definition) is 1. The van der Waals surface area contributed by atoms with Crippen molar-refractivity contribution in [3.05, 3.63) is 59.1 Å². The van der Waals surface area contributed by atoms with E-state index in [9.17, 15) is 9.59 Å². The normalized spacial score (nSPS) is 11.4. The lowest BCUT2D eigenvalue weighted by atomic mass is 10.2. The molecule has 1 N–H and O–H groups in total. The van der Waals surface area contributed by atoms with E-state index in [4.69, 9.17) is 21.6 Å². The van der Waals surface area contributed by atoms with Crippen LogP contribution in [0, 0.1) is 11.3 Å².